The first kappa shape index (κ1) is 13.8. The zero-order valence-electron chi connectivity index (χ0n) is 11.9. The summed E-state index contributed by atoms with van der Waals surface area (Å²) in [4.78, 5) is 16.4. The fourth-order valence-corrected chi connectivity index (χ4v) is 2.34. The Morgan fingerprint density at radius 3 is 3.14 bits per heavy atom. The highest BCUT2D eigenvalue weighted by Gasteiger charge is 2.21. The molecule has 1 saturated heterocycles. The van der Waals surface area contributed by atoms with Gasteiger partial charge in [-0.1, -0.05) is 12.1 Å². The molecule has 0 bridgehead atoms. The number of nitrogens with zero attached hydrogens (tertiary/aromatic N) is 2. The van der Waals surface area contributed by atoms with Gasteiger partial charge in [0.15, 0.2) is 0 Å². The Kier molecular flexibility index (Phi) is 3.98. The van der Waals surface area contributed by atoms with Crippen LogP contribution in [-0.4, -0.2) is 41.3 Å². The molecule has 1 aromatic carbocycles. The Morgan fingerprint density at radius 1 is 1.52 bits per heavy atom. The summed E-state index contributed by atoms with van der Waals surface area (Å²) in [6, 6.07) is 7.65. The van der Waals surface area contributed by atoms with Crippen LogP contribution in [0.1, 0.15) is 0 Å². The molecule has 1 fully saturated rings. The maximum absolute atomic E-state index is 12.1. The first-order valence-electron chi connectivity index (χ1n) is 6.95. The largest absolute Gasteiger partial charge is 0.366 e. The quantitative estimate of drug-likeness (QED) is 0.884. The minimum atomic E-state index is -0.435. The number of anilines is 1. The maximum atomic E-state index is 12.1. The van der Waals surface area contributed by atoms with E-state index in [4.69, 9.17) is 4.74 Å². The molecule has 6 nitrogen and oxygen atoms in total. The second kappa shape index (κ2) is 6.07. The molecule has 110 valence electrons. The number of imidazole rings is 1. The Morgan fingerprint density at radius 2 is 2.43 bits per heavy atom. The van der Waals surface area contributed by atoms with Gasteiger partial charge in [-0.15, -0.1) is 0 Å². The number of benzene rings is 1. The van der Waals surface area contributed by atoms with Crippen molar-refractivity contribution in [3.63, 3.8) is 0 Å². The van der Waals surface area contributed by atoms with Crippen molar-refractivity contribution in [3.05, 3.63) is 36.7 Å². The third kappa shape index (κ3) is 3.12. The summed E-state index contributed by atoms with van der Waals surface area (Å²) in [5.41, 5.74) is 1.71. The van der Waals surface area contributed by atoms with E-state index in [9.17, 15) is 4.79 Å². The Bertz CT molecular complexity index is 632. The van der Waals surface area contributed by atoms with Gasteiger partial charge in [-0.25, -0.2) is 4.98 Å². The lowest BCUT2D eigenvalue weighted by Gasteiger charge is -2.22. The van der Waals surface area contributed by atoms with E-state index in [-0.39, 0.29) is 5.91 Å². The first-order chi connectivity index (χ1) is 10.2. The molecule has 0 aliphatic carbocycles. The van der Waals surface area contributed by atoms with Crippen molar-refractivity contribution in [3.8, 4) is 11.4 Å². The normalized spacial score (nSPS) is 18.4. The highest BCUT2D eigenvalue weighted by Crippen LogP contribution is 2.20. The molecule has 21 heavy (non-hydrogen) atoms. The lowest BCUT2D eigenvalue weighted by molar-refractivity contribution is -0.128. The van der Waals surface area contributed by atoms with Crippen molar-refractivity contribution in [1.82, 2.24) is 14.9 Å². The van der Waals surface area contributed by atoms with E-state index in [1.165, 1.54) is 0 Å². The summed E-state index contributed by atoms with van der Waals surface area (Å²) in [5, 5.41) is 6.04. The van der Waals surface area contributed by atoms with Gasteiger partial charge in [0, 0.05) is 43.8 Å². The second-order valence-corrected chi connectivity index (χ2v) is 5.00. The molecule has 1 aliphatic heterocycles. The number of nitrogens with one attached hydrogen (secondary N) is 2. The van der Waals surface area contributed by atoms with Crippen LogP contribution >= 0.6 is 0 Å². The zero-order chi connectivity index (χ0) is 14.7. The van der Waals surface area contributed by atoms with Crippen molar-refractivity contribution in [2.75, 3.05) is 25.0 Å². The monoisotopic (exact) mass is 286 g/mol. The molecule has 6 heteroatoms. The van der Waals surface area contributed by atoms with Crippen molar-refractivity contribution >= 4 is 11.6 Å². The van der Waals surface area contributed by atoms with E-state index >= 15 is 0 Å². The molecule has 1 atom stereocenters. The van der Waals surface area contributed by atoms with Gasteiger partial charge in [-0.05, 0) is 12.1 Å². The summed E-state index contributed by atoms with van der Waals surface area (Å²) in [7, 11) is 1.94. The lowest BCUT2D eigenvalue weighted by Crippen LogP contribution is -2.45. The molecule has 2 heterocycles. The summed E-state index contributed by atoms with van der Waals surface area (Å²) in [5.74, 6) is 0.737. The van der Waals surface area contributed by atoms with Crippen LogP contribution in [0.5, 0.6) is 0 Å². The van der Waals surface area contributed by atoms with Gasteiger partial charge < -0.3 is 19.9 Å². The van der Waals surface area contributed by atoms with Gasteiger partial charge in [-0.3, -0.25) is 4.79 Å². The van der Waals surface area contributed by atoms with Crippen molar-refractivity contribution in [1.29, 1.82) is 0 Å². The average Bonchev–Trinajstić information content (AvgIpc) is 2.94. The van der Waals surface area contributed by atoms with E-state index in [0.29, 0.717) is 13.2 Å². The fourth-order valence-electron chi connectivity index (χ4n) is 2.34. The van der Waals surface area contributed by atoms with Crippen LogP contribution in [0, 0.1) is 0 Å². The number of ether oxygens (including phenoxy) is 1. The van der Waals surface area contributed by atoms with Crippen molar-refractivity contribution in [2.24, 2.45) is 7.05 Å². The molecule has 2 aromatic rings. The third-order valence-electron chi connectivity index (χ3n) is 3.43. The Balaban J connectivity index is 1.74. The molecule has 1 amide bonds. The molecule has 0 saturated carbocycles. The molecular formula is C15H18N4O2. The van der Waals surface area contributed by atoms with Crippen LogP contribution in [0.15, 0.2) is 36.7 Å². The molecule has 0 radical (unpaired) electrons. The van der Waals surface area contributed by atoms with Gasteiger partial charge in [0.05, 0.1) is 6.61 Å². The lowest BCUT2D eigenvalue weighted by atomic mass is 10.2. The van der Waals surface area contributed by atoms with Crippen molar-refractivity contribution < 1.29 is 9.53 Å². The number of carbonyl (C=O) groups excluding carboxylic acids is 1. The number of amides is 1. The number of rotatable bonds is 3. The molecule has 1 aliphatic rings. The Labute approximate surface area is 123 Å². The van der Waals surface area contributed by atoms with E-state index in [1.807, 2.05) is 42.1 Å². The highest BCUT2D eigenvalue weighted by molar-refractivity contribution is 5.94. The predicted molar refractivity (Wildman–Crippen MR) is 79.9 cm³/mol. The molecule has 1 unspecified atom stereocenters. The number of carbonyl (C=O) groups is 1. The second-order valence-electron chi connectivity index (χ2n) is 5.00. The van der Waals surface area contributed by atoms with Crippen LogP contribution in [0.2, 0.25) is 0 Å². The van der Waals surface area contributed by atoms with Gasteiger partial charge >= 0.3 is 0 Å². The highest BCUT2D eigenvalue weighted by atomic mass is 16.5. The number of aromatic nitrogens is 2. The summed E-state index contributed by atoms with van der Waals surface area (Å²) in [6.45, 7) is 1.90. The molecule has 0 spiro atoms. The average molecular weight is 286 g/mol. The van der Waals surface area contributed by atoms with E-state index < -0.39 is 6.10 Å². The third-order valence-corrected chi connectivity index (χ3v) is 3.43. The SMILES string of the molecule is Cn1ccnc1-c1cccc(NC(=O)C2CNCCO2)c1. The summed E-state index contributed by atoms with van der Waals surface area (Å²) >= 11 is 0. The summed E-state index contributed by atoms with van der Waals surface area (Å²) < 4.78 is 7.38. The molecule has 2 N–H and O–H groups in total. The first-order valence-corrected chi connectivity index (χ1v) is 6.95. The molecular weight excluding hydrogens is 268 g/mol. The number of hydrogen-bond acceptors (Lipinski definition) is 4. The van der Waals surface area contributed by atoms with Crippen molar-refractivity contribution in [2.45, 2.75) is 6.10 Å². The topological polar surface area (TPSA) is 68.2 Å². The van der Waals surface area contributed by atoms with E-state index in [2.05, 4.69) is 15.6 Å². The molecule has 3 rings (SSSR count). The smallest absolute Gasteiger partial charge is 0.254 e. The zero-order valence-corrected chi connectivity index (χ0v) is 11.9. The van der Waals surface area contributed by atoms with E-state index in [1.54, 1.807) is 6.20 Å². The maximum Gasteiger partial charge on any atom is 0.254 e. The minimum Gasteiger partial charge on any atom is -0.366 e. The van der Waals surface area contributed by atoms with Crippen LogP contribution in [0.3, 0.4) is 0 Å². The number of hydrogen-bond donors (Lipinski definition) is 2. The van der Waals surface area contributed by atoms with Gasteiger partial charge in [0.1, 0.15) is 11.9 Å². The summed E-state index contributed by atoms with van der Waals surface area (Å²) in [6.07, 6.45) is 3.21. The van der Waals surface area contributed by atoms with Gasteiger partial charge in [0.25, 0.3) is 5.91 Å². The van der Waals surface area contributed by atoms with Crippen LogP contribution in [0.4, 0.5) is 5.69 Å². The van der Waals surface area contributed by atoms with Crippen LogP contribution in [0.25, 0.3) is 11.4 Å². The minimum absolute atomic E-state index is 0.126. The van der Waals surface area contributed by atoms with Gasteiger partial charge in [-0.2, -0.15) is 0 Å². The van der Waals surface area contributed by atoms with Gasteiger partial charge in [0.2, 0.25) is 0 Å². The Hall–Kier alpha value is -2.18. The number of morpholine rings is 1. The van der Waals surface area contributed by atoms with E-state index in [0.717, 1.165) is 23.6 Å². The predicted octanol–water partition coefficient (Wildman–Crippen LogP) is 1.01. The van der Waals surface area contributed by atoms with Crippen LogP contribution in [-0.2, 0) is 16.6 Å². The standard InChI is InChI=1S/C15H18N4O2/c1-19-7-5-17-14(19)11-3-2-4-12(9-11)18-15(20)13-10-16-6-8-21-13/h2-5,7,9,13,16H,6,8,10H2,1H3,(H,18,20). The fraction of sp³-hybridized carbons (Fsp3) is 0.333. The molecule has 1 aromatic heterocycles. The number of aryl methyl sites for hydroxylation is 1. The van der Waals surface area contributed by atoms with Crippen LogP contribution < -0.4 is 10.6 Å².